The molecule has 0 atom stereocenters. The molecule has 3 rings (SSSR count). The molecular weight excluding hydrogens is 278 g/mol. The van der Waals surface area contributed by atoms with Crippen molar-refractivity contribution in [3.05, 3.63) is 34.3 Å². The number of thiazole rings is 1. The normalized spacial score (nSPS) is 14.3. The van der Waals surface area contributed by atoms with E-state index < -0.39 is 0 Å². The highest BCUT2D eigenvalue weighted by Gasteiger charge is 2.26. The number of nitrogen functional groups attached to an aromatic ring is 1. The molecule has 1 aromatic carbocycles. The van der Waals surface area contributed by atoms with Crippen molar-refractivity contribution in [3.8, 4) is 0 Å². The van der Waals surface area contributed by atoms with Crippen LogP contribution in [-0.4, -0.2) is 23.2 Å². The number of hydrogen-bond donors (Lipinski definition) is 1. The first kappa shape index (κ1) is 12.5. The van der Waals surface area contributed by atoms with E-state index in [0.717, 1.165) is 22.0 Å². The molecular formula is C13H13N3OS2. The van der Waals surface area contributed by atoms with Gasteiger partial charge in [0.2, 0.25) is 0 Å². The predicted octanol–water partition coefficient (Wildman–Crippen LogP) is 2.79. The molecule has 98 valence electrons. The van der Waals surface area contributed by atoms with Crippen molar-refractivity contribution < 1.29 is 4.79 Å². The zero-order valence-corrected chi connectivity index (χ0v) is 12.1. The average molecular weight is 291 g/mol. The van der Waals surface area contributed by atoms with Crippen LogP contribution < -0.4 is 10.6 Å². The summed E-state index contributed by atoms with van der Waals surface area (Å²) in [7, 11) is 0. The van der Waals surface area contributed by atoms with Crippen LogP contribution in [0.2, 0.25) is 0 Å². The van der Waals surface area contributed by atoms with Gasteiger partial charge in [0.05, 0.1) is 16.9 Å². The van der Waals surface area contributed by atoms with Gasteiger partial charge in [0, 0.05) is 22.9 Å². The largest absolute Gasteiger partial charge is 0.399 e. The Morgan fingerprint density at radius 2 is 2.32 bits per heavy atom. The zero-order chi connectivity index (χ0) is 13.4. The molecule has 0 aliphatic carbocycles. The summed E-state index contributed by atoms with van der Waals surface area (Å²) in [5.74, 6) is 0.924. The lowest BCUT2D eigenvalue weighted by molar-refractivity contribution is 0.0991. The van der Waals surface area contributed by atoms with Crippen molar-refractivity contribution in [2.75, 3.05) is 22.9 Å². The van der Waals surface area contributed by atoms with Crippen LogP contribution in [0.1, 0.15) is 15.4 Å². The Morgan fingerprint density at radius 1 is 1.47 bits per heavy atom. The number of carbonyl (C=O) groups is 1. The van der Waals surface area contributed by atoms with Gasteiger partial charge in [0.1, 0.15) is 4.88 Å². The van der Waals surface area contributed by atoms with E-state index in [2.05, 4.69) is 4.98 Å². The number of nitrogens with zero attached hydrogens (tertiary/aromatic N) is 2. The Kier molecular flexibility index (Phi) is 3.20. The second kappa shape index (κ2) is 4.86. The summed E-state index contributed by atoms with van der Waals surface area (Å²) in [6, 6.07) is 5.72. The fourth-order valence-corrected chi connectivity index (χ4v) is 3.80. The number of carbonyl (C=O) groups excluding carboxylic acids is 1. The third kappa shape index (κ3) is 2.21. The van der Waals surface area contributed by atoms with Gasteiger partial charge in [-0.25, -0.2) is 4.98 Å². The maximum Gasteiger partial charge on any atom is 0.270 e. The Balaban J connectivity index is 2.02. The van der Waals surface area contributed by atoms with Crippen LogP contribution >= 0.6 is 23.1 Å². The van der Waals surface area contributed by atoms with Crippen LogP contribution in [0.15, 0.2) is 28.6 Å². The molecule has 0 saturated heterocycles. The predicted molar refractivity (Wildman–Crippen MR) is 80.1 cm³/mol. The summed E-state index contributed by atoms with van der Waals surface area (Å²) in [5.41, 5.74) is 9.93. The summed E-state index contributed by atoms with van der Waals surface area (Å²) in [6.07, 6.45) is 0. The molecule has 2 N–H and O–H groups in total. The Hall–Kier alpha value is -1.53. The molecule has 0 radical (unpaired) electrons. The van der Waals surface area contributed by atoms with E-state index in [1.165, 1.54) is 11.3 Å². The number of anilines is 2. The summed E-state index contributed by atoms with van der Waals surface area (Å²) in [6.45, 7) is 2.57. The van der Waals surface area contributed by atoms with Crippen LogP contribution in [0, 0.1) is 6.92 Å². The standard InChI is InChI=1S/C13H13N3OS2/c1-8-12(19-7-15-8)13(17)16-4-5-18-11-3-2-9(14)6-10(11)16/h2-3,6-7H,4-5,14H2,1H3. The van der Waals surface area contributed by atoms with Crippen LogP contribution in [0.25, 0.3) is 0 Å². The van der Waals surface area contributed by atoms with Crippen molar-refractivity contribution in [3.63, 3.8) is 0 Å². The van der Waals surface area contributed by atoms with Crippen molar-refractivity contribution in [1.29, 1.82) is 0 Å². The molecule has 19 heavy (non-hydrogen) atoms. The van der Waals surface area contributed by atoms with Gasteiger partial charge >= 0.3 is 0 Å². The zero-order valence-electron chi connectivity index (χ0n) is 10.4. The van der Waals surface area contributed by atoms with Gasteiger partial charge in [0.25, 0.3) is 5.91 Å². The molecule has 0 bridgehead atoms. The molecule has 1 amide bonds. The first-order valence-electron chi connectivity index (χ1n) is 5.91. The van der Waals surface area contributed by atoms with Gasteiger partial charge in [-0.1, -0.05) is 0 Å². The SMILES string of the molecule is Cc1ncsc1C(=O)N1CCSc2ccc(N)cc21. The fourth-order valence-electron chi connectivity index (χ4n) is 2.08. The van der Waals surface area contributed by atoms with Crippen molar-refractivity contribution in [2.24, 2.45) is 0 Å². The highest BCUT2D eigenvalue weighted by Crippen LogP contribution is 2.37. The third-order valence-corrected chi connectivity index (χ3v) is 4.99. The quantitative estimate of drug-likeness (QED) is 0.821. The Bertz CT molecular complexity index is 639. The van der Waals surface area contributed by atoms with Crippen molar-refractivity contribution >= 4 is 40.4 Å². The van der Waals surface area contributed by atoms with E-state index in [1.54, 1.807) is 17.3 Å². The molecule has 0 unspecified atom stereocenters. The number of rotatable bonds is 1. The smallest absolute Gasteiger partial charge is 0.270 e. The van der Waals surface area contributed by atoms with Crippen LogP contribution in [0.3, 0.4) is 0 Å². The highest BCUT2D eigenvalue weighted by molar-refractivity contribution is 7.99. The van der Waals surface area contributed by atoms with E-state index in [1.807, 2.05) is 30.0 Å². The van der Waals surface area contributed by atoms with E-state index >= 15 is 0 Å². The maximum absolute atomic E-state index is 12.6. The number of benzene rings is 1. The second-order valence-electron chi connectivity index (χ2n) is 4.30. The average Bonchev–Trinajstić information content (AvgIpc) is 2.83. The lowest BCUT2D eigenvalue weighted by Crippen LogP contribution is -2.35. The molecule has 1 aliphatic rings. The lowest BCUT2D eigenvalue weighted by Gasteiger charge is -2.29. The number of nitrogens with two attached hydrogens (primary N) is 1. The number of fused-ring (bicyclic) bond motifs is 1. The van der Waals surface area contributed by atoms with E-state index in [0.29, 0.717) is 17.1 Å². The molecule has 0 saturated carbocycles. The van der Waals surface area contributed by atoms with Crippen molar-refractivity contribution in [1.82, 2.24) is 4.98 Å². The maximum atomic E-state index is 12.6. The molecule has 4 nitrogen and oxygen atoms in total. The minimum atomic E-state index is 0.0205. The third-order valence-electron chi connectivity index (χ3n) is 3.03. The Morgan fingerprint density at radius 3 is 3.05 bits per heavy atom. The topological polar surface area (TPSA) is 59.2 Å². The van der Waals surface area contributed by atoms with Gasteiger partial charge in [-0.05, 0) is 25.1 Å². The monoisotopic (exact) mass is 291 g/mol. The van der Waals surface area contributed by atoms with Gasteiger partial charge in [-0.15, -0.1) is 23.1 Å². The molecule has 2 heterocycles. The van der Waals surface area contributed by atoms with Gasteiger partial charge in [0.15, 0.2) is 0 Å². The molecule has 0 spiro atoms. The second-order valence-corrected chi connectivity index (χ2v) is 6.29. The molecule has 1 aromatic heterocycles. The number of hydrogen-bond acceptors (Lipinski definition) is 5. The summed E-state index contributed by atoms with van der Waals surface area (Å²) >= 11 is 3.15. The van der Waals surface area contributed by atoms with Crippen LogP contribution in [0.5, 0.6) is 0 Å². The van der Waals surface area contributed by atoms with Crippen LogP contribution in [0.4, 0.5) is 11.4 Å². The van der Waals surface area contributed by atoms with E-state index in [-0.39, 0.29) is 5.91 Å². The number of thioether (sulfide) groups is 1. The van der Waals surface area contributed by atoms with Crippen LogP contribution in [-0.2, 0) is 0 Å². The minimum Gasteiger partial charge on any atom is -0.399 e. The van der Waals surface area contributed by atoms with Gasteiger partial charge < -0.3 is 10.6 Å². The van der Waals surface area contributed by atoms with Gasteiger partial charge in [-0.3, -0.25) is 4.79 Å². The summed E-state index contributed by atoms with van der Waals surface area (Å²) in [4.78, 5) is 20.4. The molecule has 2 aromatic rings. The van der Waals surface area contributed by atoms with E-state index in [9.17, 15) is 4.79 Å². The lowest BCUT2D eigenvalue weighted by atomic mass is 10.2. The summed E-state index contributed by atoms with van der Waals surface area (Å²) < 4.78 is 0. The first-order valence-corrected chi connectivity index (χ1v) is 7.77. The number of aryl methyl sites for hydroxylation is 1. The fraction of sp³-hybridized carbons (Fsp3) is 0.231. The Labute approximate surface area is 119 Å². The number of amides is 1. The minimum absolute atomic E-state index is 0.0205. The first-order chi connectivity index (χ1) is 9.16. The summed E-state index contributed by atoms with van der Waals surface area (Å²) in [5, 5.41) is 0. The van der Waals surface area contributed by atoms with E-state index in [4.69, 9.17) is 5.73 Å². The highest BCUT2D eigenvalue weighted by atomic mass is 32.2. The number of aromatic nitrogens is 1. The molecule has 0 fully saturated rings. The van der Waals surface area contributed by atoms with Crippen molar-refractivity contribution in [2.45, 2.75) is 11.8 Å². The van der Waals surface area contributed by atoms with Gasteiger partial charge in [-0.2, -0.15) is 0 Å². The molecule has 6 heteroatoms. The molecule has 1 aliphatic heterocycles.